The van der Waals surface area contributed by atoms with Crippen LogP contribution in [0.25, 0.3) is 0 Å². The van der Waals surface area contributed by atoms with Crippen LogP contribution in [-0.4, -0.2) is 26.7 Å². The maximum Gasteiger partial charge on any atom is 0.298 e. The first kappa shape index (κ1) is 35.7. The summed E-state index contributed by atoms with van der Waals surface area (Å²) >= 11 is 0. The van der Waals surface area contributed by atoms with Crippen LogP contribution in [0.3, 0.4) is 0 Å². The zero-order valence-electron chi connectivity index (χ0n) is 25.9. The van der Waals surface area contributed by atoms with Gasteiger partial charge in [0.25, 0.3) is 6.03 Å². The molecular weight excluding hydrogens is 473 g/mol. The van der Waals surface area contributed by atoms with Gasteiger partial charge in [0.2, 0.25) is 0 Å². The molecule has 36 heavy (non-hydrogen) atoms. The molecule has 0 aliphatic heterocycles. The van der Waals surface area contributed by atoms with Crippen LogP contribution < -0.4 is 5.73 Å². The van der Waals surface area contributed by atoms with Gasteiger partial charge < -0.3 is 9.96 Å². The van der Waals surface area contributed by atoms with Crippen molar-refractivity contribution in [3.05, 3.63) is 0 Å². The number of amides is 2. The number of primary amides is 1. The Balaban J connectivity index is 6.68. The Kier molecular flexibility index (Phi) is 22.5. The first-order valence-electron chi connectivity index (χ1n) is 16.5. The average Bonchev–Trinajstić information content (AvgIpc) is 2.85. The van der Waals surface area contributed by atoms with Crippen LogP contribution in [-0.2, 0) is 0 Å². The van der Waals surface area contributed by atoms with Gasteiger partial charge in [-0.2, -0.15) is 0 Å². The summed E-state index contributed by atoms with van der Waals surface area (Å²) < 4.78 is 2.68. The van der Waals surface area contributed by atoms with E-state index < -0.39 is 16.5 Å². The van der Waals surface area contributed by atoms with Crippen molar-refractivity contribution in [2.75, 3.05) is 0 Å². The van der Waals surface area contributed by atoms with Gasteiger partial charge in [0.15, 0.2) is 16.5 Å². The molecule has 216 valence electrons. The largest absolute Gasteiger partial charge is 0.377 e. The van der Waals surface area contributed by atoms with Crippen molar-refractivity contribution < 1.29 is 4.79 Å². The molecule has 2 N–H and O–H groups in total. The third-order valence-electron chi connectivity index (χ3n) is 8.64. The molecule has 3 nitrogen and oxygen atoms in total. The third kappa shape index (κ3) is 13.5. The molecule has 0 saturated carbocycles. The van der Waals surface area contributed by atoms with Crippen molar-refractivity contribution in [1.29, 1.82) is 0 Å². The lowest BCUT2D eigenvalue weighted by Crippen LogP contribution is -2.70. The van der Waals surface area contributed by atoms with E-state index in [1.165, 1.54) is 152 Å². The molecule has 0 saturated heterocycles. The number of nitrogens with zero attached hydrogens (tertiary/aromatic N) is 1. The lowest BCUT2D eigenvalue weighted by atomic mass is 10.3. The minimum atomic E-state index is -2.00. The van der Waals surface area contributed by atoms with Crippen molar-refractivity contribution in [2.24, 2.45) is 5.73 Å². The molecule has 0 aliphatic rings. The van der Waals surface area contributed by atoms with Crippen molar-refractivity contribution in [1.82, 2.24) is 4.23 Å². The van der Waals surface area contributed by atoms with Crippen LogP contribution in [0.4, 0.5) is 4.79 Å². The van der Waals surface area contributed by atoms with E-state index in [1.54, 1.807) is 0 Å². The second kappa shape index (κ2) is 22.7. The fourth-order valence-corrected chi connectivity index (χ4v) is 21.9. The smallest absolute Gasteiger partial charge is 0.298 e. The van der Waals surface area contributed by atoms with Crippen molar-refractivity contribution in [3.63, 3.8) is 0 Å². The van der Waals surface area contributed by atoms with E-state index in [9.17, 15) is 4.79 Å². The second-order valence-electron chi connectivity index (χ2n) is 11.9. The van der Waals surface area contributed by atoms with Crippen LogP contribution >= 0.6 is 0 Å². The summed E-state index contributed by atoms with van der Waals surface area (Å²) in [5.41, 5.74) is 6.59. The Labute approximate surface area is 230 Å². The molecule has 0 aromatic carbocycles. The number of urea groups is 1. The zero-order chi connectivity index (χ0) is 27.1. The quantitative estimate of drug-likeness (QED) is 0.0860. The number of unbranched alkanes of at least 4 members (excludes halogenated alkanes) is 12. The minimum absolute atomic E-state index is 0.00215. The molecule has 2 amide bonds. The monoisotopic (exact) mass is 540 g/mol. The van der Waals surface area contributed by atoms with Crippen molar-refractivity contribution in [2.45, 2.75) is 193 Å². The van der Waals surface area contributed by atoms with E-state index in [2.05, 4.69) is 45.8 Å². The molecule has 0 aromatic rings. The number of carbonyl (C=O) groups excluding carboxylic acids is 1. The van der Waals surface area contributed by atoms with Gasteiger partial charge in [-0.25, -0.2) is 0 Å². The predicted molar refractivity (Wildman–Crippen MR) is 169 cm³/mol. The van der Waals surface area contributed by atoms with E-state index in [4.69, 9.17) is 5.73 Å². The SMILES string of the molecule is CCCCC[Si](CCCCC)(CCCCC)N(C(N)=O)[Si](CCCCC)(CCCCC)CCCCC. The van der Waals surface area contributed by atoms with Crippen LogP contribution in [0.15, 0.2) is 0 Å². The summed E-state index contributed by atoms with van der Waals surface area (Å²) in [5.74, 6) is 0. The first-order chi connectivity index (χ1) is 17.4. The molecular formula is C31H68N2OSi2. The molecule has 0 heterocycles. The summed E-state index contributed by atoms with van der Waals surface area (Å²) in [6.45, 7) is 13.9. The molecule has 0 rings (SSSR count). The zero-order valence-corrected chi connectivity index (χ0v) is 27.9. The second-order valence-corrected chi connectivity index (χ2v) is 21.1. The highest BCUT2D eigenvalue weighted by Crippen LogP contribution is 2.42. The molecule has 5 heteroatoms. The van der Waals surface area contributed by atoms with E-state index >= 15 is 0 Å². The molecule has 0 fully saturated rings. The van der Waals surface area contributed by atoms with Crippen LogP contribution in [0, 0.1) is 0 Å². The molecule has 0 aromatic heterocycles. The van der Waals surface area contributed by atoms with Crippen LogP contribution in [0.2, 0.25) is 36.3 Å². The third-order valence-corrected chi connectivity index (χ3v) is 21.5. The van der Waals surface area contributed by atoms with E-state index in [0.717, 1.165) is 0 Å². The Morgan fingerprint density at radius 2 is 0.639 bits per heavy atom. The highest BCUT2D eigenvalue weighted by Gasteiger charge is 2.51. The van der Waals surface area contributed by atoms with Gasteiger partial charge in [-0.3, -0.25) is 4.79 Å². The van der Waals surface area contributed by atoms with Gasteiger partial charge in [0.1, 0.15) is 0 Å². The van der Waals surface area contributed by atoms with E-state index in [0.29, 0.717) is 0 Å². The van der Waals surface area contributed by atoms with Gasteiger partial charge in [-0.05, 0) is 36.3 Å². The maximum absolute atomic E-state index is 13.8. The first-order valence-corrected chi connectivity index (χ1v) is 21.7. The number of rotatable bonds is 26. The summed E-state index contributed by atoms with van der Waals surface area (Å²) in [4.78, 5) is 13.8. The molecule has 0 unspecified atom stereocenters. The van der Waals surface area contributed by atoms with Gasteiger partial charge >= 0.3 is 0 Å². The Morgan fingerprint density at radius 1 is 0.444 bits per heavy atom. The van der Waals surface area contributed by atoms with Gasteiger partial charge in [0, 0.05) is 0 Å². The van der Waals surface area contributed by atoms with Crippen LogP contribution in [0.1, 0.15) is 157 Å². The molecule has 0 atom stereocenters. The van der Waals surface area contributed by atoms with Gasteiger partial charge in [-0.1, -0.05) is 157 Å². The lowest BCUT2D eigenvalue weighted by Gasteiger charge is -2.53. The van der Waals surface area contributed by atoms with Gasteiger partial charge in [0.05, 0.1) is 0 Å². The summed E-state index contributed by atoms with van der Waals surface area (Å²) in [6, 6.07) is 7.84. The Bertz CT molecular complexity index is 424. The van der Waals surface area contributed by atoms with Crippen LogP contribution in [0.5, 0.6) is 0 Å². The summed E-state index contributed by atoms with van der Waals surface area (Å²) in [5, 5.41) is 0. The normalized spacial score (nSPS) is 12.3. The minimum Gasteiger partial charge on any atom is -0.377 e. The standard InChI is InChI=1S/C31H68N2OSi2/c1-7-13-19-25-35(26-20-14-8-2,27-21-15-9-3)33(31(32)34)36(28-22-16-10-4,29-23-17-11-5)30-24-18-12-6/h7-30H2,1-6H3,(H2,32,34). The van der Waals surface area contributed by atoms with Crippen molar-refractivity contribution >= 4 is 22.5 Å². The molecule has 0 aliphatic carbocycles. The topological polar surface area (TPSA) is 46.3 Å². The number of carbonyl (C=O) groups is 1. The molecule has 0 spiro atoms. The highest BCUT2D eigenvalue weighted by molar-refractivity contribution is 6.95. The maximum atomic E-state index is 13.8. The average molecular weight is 541 g/mol. The lowest BCUT2D eigenvalue weighted by molar-refractivity contribution is 0.240. The van der Waals surface area contributed by atoms with Gasteiger partial charge in [-0.15, -0.1) is 0 Å². The Hall–Kier alpha value is -0.296. The number of nitrogens with two attached hydrogens (primary N) is 1. The fourth-order valence-electron chi connectivity index (χ4n) is 6.62. The predicted octanol–water partition coefficient (Wildman–Crippen LogP) is 11.4. The molecule has 0 bridgehead atoms. The number of hydrogen-bond acceptors (Lipinski definition) is 1. The Morgan fingerprint density at radius 3 is 0.778 bits per heavy atom. The van der Waals surface area contributed by atoms with E-state index in [1.807, 2.05) is 0 Å². The molecule has 0 radical (unpaired) electrons. The summed E-state index contributed by atoms with van der Waals surface area (Å²) in [7, 11) is -3.99. The van der Waals surface area contributed by atoms with E-state index in [-0.39, 0.29) is 6.03 Å². The summed E-state index contributed by atoms with van der Waals surface area (Å²) in [6.07, 6.45) is 23.2. The van der Waals surface area contributed by atoms with Crippen molar-refractivity contribution in [3.8, 4) is 0 Å². The highest BCUT2D eigenvalue weighted by atomic mass is 28.4. The fraction of sp³-hybridized carbons (Fsp3) is 0.968. The number of hydrogen-bond donors (Lipinski definition) is 1.